The van der Waals surface area contributed by atoms with E-state index in [1.165, 1.54) is 122 Å². The molecule has 0 aliphatic carbocycles. The summed E-state index contributed by atoms with van der Waals surface area (Å²) >= 11 is 0. The van der Waals surface area contributed by atoms with Crippen LogP contribution in [0.1, 0.15) is 304 Å². The summed E-state index contributed by atoms with van der Waals surface area (Å²) in [6, 6.07) is 52.4. The van der Waals surface area contributed by atoms with Crippen molar-refractivity contribution in [2.45, 2.75) is 296 Å². The fourth-order valence-electron chi connectivity index (χ4n) is 14.6. The lowest BCUT2D eigenvalue weighted by molar-refractivity contribution is -0.142. The van der Waals surface area contributed by atoms with Gasteiger partial charge in [-0.15, -0.1) is 0 Å². The average Bonchev–Trinajstić information content (AvgIpc) is 1.71. The molecule has 7 aromatic carbocycles. The molecular weight excluding hydrogens is 1500 g/mol. The Morgan fingerprint density at radius 2 is 0.746 bits per heavy atom. The molecule has 1 atom stereocenters. The Kier molecular flexibility index (Phi) is 32.0. The quantitative estimate of drug-likeness (QED) is 0.0416. The lowest BCUT2D eigenvalue weighted by atomic mass is 9.86. The Labute approximate surface area is 730 Å². The molecule has 122 heavy (non-hydrogen) atoms. The Balaban J connectivity index is 0.000000178. The molecule has 14 heteroatoms. The zero-order chi connectivity index (χ0) is 90.4. The molecule has 8 N–H and O–H groups in total. The highest BCUT2D eigenvalue weighted by atomic mass is 16.6. The van der Waals surface area contributed by atoms with E-state index >= 15 is 0 Å². The summed E-state index contributed by atoms with van der Waals surface area (Å²) in [6.45, 7) is 69.8. The van der Waals surface area contributed by atoms with Crippen molar-refractivity contribution in [2.24, 2.45) is 0 Å². The Morgan fingerprint density at radius 1 is 0.402 bits per heavy atom. The highest BCUT2D eigenvalue weighted by molar-refractivity contribution is 5.90. The first-order chi connectivity index (χ1) is 56.8. The minimum Gasteiger partial charge on any atom is -0.466 e. The van der Waals surface area contributed by atoms with E-state index < -0.39 is 5.60 Å². The Bertz CT molecular complexity index is 5810. The molecule has 654 valence electrons. The number of esters is 1. The van der Waals surface area contributed by atoms with Crippen molar-refractivity contribution in [1.29, 1.82) is 5.26 Å². The van der Waals surface area contributed by atoms with Gasteiger partial charge in [-0.25, -0.2) is 4.79 Å². The van der Waals surface area contributed by atoms with E-state index in [1.54, 1.807) is 0 Å². The van der Waals surface area contributed by atoms with Crippen molar-refractivity contribution in [3.63, 3.8) is 0 Å². The molecule has 14 rings (SSSR count). The van der Waals surface area contributed by atoms with Crippen LogP contribution in [0.25, 0.3) is 76.3 Å². The number of nitrogens with zero attached hydrogens (tertiary/aromatic N) is 1. The lowest BCUT2D eigenvalue weighted by Gasteiger charge is -2.19. The number of fused-ring (bicyclic) bond motifs is 7. The van der Waals surface area contributed by atoms with E-state index in [-0.39, 0.29) is 50.0 Å². The van der Waals surface area contributed by atoms with E-state index in [1.807, 2.05) is 53.1 Å². The van der Waals surface area contributed by atoms with Crippen LogP contribution in [0.3, 0.4) is 0 Å². The van der Waals surface area contributed by atoms with Gasteiger partial charge < -0.3 is 54.4 Å². The van der Waals surface area contributed by atoms with Gasteiger partial charge in [0, 0.05) is 121 Å². The maximum absolute atomic E-state index is 11.7. The number of nitrogens with one attached hydrogen (secondary N) is 8. The van der Waals surface area contributed by atoms with Crippen LogP contribution in [0, 0.1) is 18.3 Å². The number of hydrogen-bond donors (Lipinski definition) is 8. The highest BCUT2D eigenvalue weighted by Crippen LogP contribution is 2.36. The third-order valence-corrected chi connectivity index (χ3v) is 22.5. The van der Waals surface area contributed by atoms with Crippen molar-refractivity contribution in [3.05, 3.63) is 249 Å². The number of nitriles is 1. The number of H-pyrrole nitrogens is 7. The summed E-state index contributed by atoms with van der Waals surface area (Å²) in [7, 11) is 0. The second-order valence-electron chi connectivity index (χ2n) is 41.4. The van der Waals surface area contributed by atoms with Crippen LogP contribution >= 0.6 is 0 Å². The largest absolute Gasteiger partial charge is 0.466 e. The second kappa shape index (κ2) is 40.2. The zero-order valence-electron chi connectivity index (χ0n) is 80.0. The first kappa shape index (κ1) is 97.0. The maximum atomic E-state index is 11.7. The van der Waals surface area contributed by atoms with Crippen molar-refractivity contribution in [3.8, 4) is 6.07 Å². The van der Waals surface area contributed by atoms with Crippen LogP contribution < -0.4 is 5.32 Å². The van der Waals surface area contributed by atoms with Gasteiger partial charge in [-0.05, 0) is 237 Å². The summed E-state index contributed by atoms with van der Waals surface area (Å²) in [4.78, 5) is 46.4. The molecule has 7 heterocycles. The van der Waals surface area contributed by atoms with Gasteiger partial charge in [-0.3, -0.25) is 4.79 Å². The molecule has 14 nitrogen and oxygen atoms in total. The molecule has 7 aromatic heterocycles. The van der Waals surface area contributed by atoms with Crippen molar-refractivity contribution in [1.82, 2.24) is 40.2 Å². The smallest absolute Gasteiger partial charge is 0.407 e. The number of carbonyl (C=O) groups is 2. The standard InChI is InChI=1S/C19H28N2O2.C16H21NO2.C16H23NO.C16H23N.C15H21N.C13H14N2.C13H17N/c1-18(2,3)14-7-8-15-13(12-21-16(15)11-14)9-10-20-17(22)23-19(4,5)6;1-5-19-15(18)8-11-10-17-14-9-12(16(2,3)4)6-7-13(11)14;1-5-18-9-8-12-11-17-15-10-13(16(2,3)4)6-7-14(12)15;1-6-11(2)14-10-17-15-9-12(16(3,4)5)7-8-13(14)15;1-10(2)13-9-16-14-8-11(15(3,4)5)6-7-12(13)14;1-13(2,3)10-5-4-9-6-11(8-14)15-12(9)7-10;1-9-7-10-5-6-11(13(2,3)4)8-12(10)14-9/h7-8,11-12,21H,9-10H2,1-6H3,(H,20,22);6-7,9-10,17H,5,8H2,1-4H3;6-7,10-11,17H,5,8-9H2,1-4H3;7-11,17H,6H2,1-5H3;6-10,16H,1-5H3;4-7,15H,1-3H3;5-8,14H,1-4H3. The molecule has 1 amide bonds. The molecule has 0 radical (unpaired) electrons. The van der Waals surface area contributed by atoms with Gasteiger partial charge in [0.25, 0.3) is 0 Å². The molecule has 1 unspecified atom stereocenters. The van der Waals surface area contributed by atoms with Crippen LogP contribution in [0.2, 0.25) is 0 Å². The summed E-state index contributed by atoms with van der Waals surface area (Å²) in [5.74, 6) is 1.03. The molecule has 0 saturated heterocycles. The first-order valence-electron chi connectivity index (χ1n) is 44.2. The van der Waals surface area contributed by atoms with Crippen LogP contribution in [0.15, 0.2) is 171 Å². The molecule has 0 fully saturated rings. The summed E-state index contributed by atoms with van der Waals surface area (Å²) < 4.78 is 15.6. The van der Waals surface area contributed by atoms with E-state index in [9.17, 15) is 9.59 Å². The van der Waals surface area contributed by atoms with Gasteiger partial charge in [0.15, 0.2) is 0 Å². The normalized spacial score (nSPS) is 12.5. The minimum absolute atomic E-state index is 0.126. The minimum atomic E-state index is -0.464. The Hall–Kier alpha value is -10.5. The molecule has 14 aromatic rings. The van der Waals surface area contributed by atoms with Gasteiger partial charge >= 0.3 is 12.1 Å². The number of ether oxygens (including phenoxy) is 3. The van der Waals surface area contributed by atoms with Gasteiger partial charge in [-0.1, -0.05) is 258 Å². The first-order valence-corrected chi connectivity index (χ1v) is 44.2. The highest BCUT2D eigenvalue weighted by Gasteiger charge is 2.24. The van der Waals surface area contributed by atoms with E-state index in [2.05, 4.69) is 378 Å². The maximum Gasteiger partial charge on any atom is 0.407 e. The summed E-state index contributed by atoms with van der Waals surface area (Å²) in [6.07, 6.45) is 13.2. The number of amides is 1. The summed E-state index contributed by atoms with van der Waals surface area (Å²) in [5.41, 5.74) is 26.7. The number of hydrogen-bond acceptors (Lipinski definition) is 6. The van der Waals surface area contributed by atoms with E-state index in [4.69, 9.17) is 19.5 Å². The summed E-state index contributed by atoms with van der Waals surface area (Å²) in [5, 5.41) is 20.4. The number of rotatable bonds is 13. The number of aromatic amines is 7. The van der Waals surface area contributed by atoms with Crippen molar-refractivity contribution >= 4 is 88.4 Å². The number of aryl methyl sites for hydroxylation is 1. The predicted octanol–water partition coefficient (Wildman–Crippen LogP) is 28.8. The van der Waals surface area contributed by atoms with Crippen LogP contribution in [0.4, 0.5) is 4.79 Å². The SMILES string of the molecule is CC(C)(C)OC(=O)NCCc1c[nH]c2cc(C(C)(C)C)ccc12.CC(C)(C)c1ccc2cc(C#N)[nH]c2c1.CC(C)c1c[nH]c2cc(C(C)(C)C)ccc12.CCC(C)c1c[nH]c2cc(C(C)(C)C)ccc12.CCOC(=O)Cc1c[nH]c2cc(C(C)(C)C)ccc12.CCOCCc1c[nH]c2cc(C(C)(C)C)ccc12.Cc1cc2ccc(C(C)(C)C)cc2[nH]1. The number of benzene rings is 7. The zero-order valence-corrected chi connectivity index (χ0v) is 80.0. The average molecular weight is 1650 g/mol. The third kappa shape index (κ3) is 27.0. The van der Waals surface area contributed by atoms with Gasteiger partial charge in [-0.2, -0.15) is 5.26 Å². The lowest BCUT2D eigenvalue weighted by Crippen LogP contribution is -2.33. The van der Waals surface area contributed by atoms with E-state index in [0.717, 1.165) is 58.9 Å². The van der Waals surface area contributed by atoms with Crippen LogP contribution in [-0.4, -0.2) is 78.9 Å². The predicted molar refractivity (Wildman–Crippen MR) is 520 cm³/mol. The molecule has 0 bridgehead atoms. The molecule has 0 aliphatic rings. The number of alkyl carbamates (subject to hydrolysis) is 1. The van der Waals surface area contributed by atoms with Crippen LogP contribution in [0.5, 0.6) is 0 Å². The van der Waals surface area contributed by atoms with Crippen molar-refractivity contribution in [2.75, 3.05) is 26.4 Å². The van der Waals surface area contributed by atoms with Gasteiger partial charge in [0.1, 0.15) is 17.4 Å². The van der Waals surface area contributed by atoms with Gasteiger partial charge in [0.05, 0.1) is 19.6 Å². The number of aromatic nitrogens is 7. The topological polar surface area (TPSA) is 208 Å². The molecule has 0 spiro atoms. The fourth-order valence-corrected chi connectivity index (χ4v) is 14.6. The van der Waals surface area contributed by atoms with Gasteiger partial charge in [0.2, 0.25) is 0 Å². The van der Waals surface area contributed by atoms with Crippen molar-refractivity contribution < 1.29 is 23.8 Å². The molecule has 0 aliphatic heterocycles. The second-order valence-corrected chi connectivity index (χ2v) is 41.4. The fraction of sp³-hybridized carbons (Fsp3) is 0.454. The number of carbonyl (C=O) groups excluding carboxylic acids is 2. The van der Waals surface area contributed by atoms with Crippen LogP contribution in [-0.2, 0) is 76.2 Å². The van der Waals surface area contributed by atoms with E-state index in [0.29, 0.717) is 37.1 Å². The molecule has 0 saturated carbocycles. The molecular formula is C108H147N9O5. The Morgan fingerprint density at radius 3 is 1.13 bits per heavy atom. The third-order valence-electron chi connectivity index (χ3n) is 22.5. The monoisotopic (exact) mass is 1650 g/mol.